The van der Waals surface area contributed by atoms with Crippen molar-refractivity contribution in [3.8, 4) is 0 Å². The molecule has 10 heteroatoms. The number of amides is 2. The van der Waals surface area contributed by atoms with Gasteiger partial charge in [0, 0.05) is 31.4 Å². The third kappa shape index (κ3) is 4.05. The number of rotatable bonds is 3. The van der Waals surface area contributed by atoms with Crippen LogP contribution < -0.4 is 5.32 Å². The van der Waals surface area contributed by atoms with Crippen molar-refractivity contribution in [3.63, 3.8) is 0 Å². The summed E-state index contributed by atoms with van der Waals surface area (Å²) in [4.78, 5) is 38.2. The molecule has 1 aliphatic rings. The first-order chi connectivity index (χ1) is 12.1. The quantitative estimate of drug-likeness (QED) is 0.821. The van der Waals surface area contributed by atoms with Crippen LogP contribution in [0.25, 0.3) is 0 Å². The molecule has 0 unspecified atom stereocenters. The van der Waals surface area contributed by atoms with Gasteiger partial charge in [-0.2, -0.15) is 0 Å². The number of likely N-dealkylation sites (tertiary alicyclic amines) is 1. The molecule has 0 atom stereocenters. The Hall–Kier alpha value is -2.26. The lowest BCUT2D eigenvalue weighted by molar-refractivity contribution is 0.0596. The van der Waals surface area contributed by atoms with Gasteiger partial charge in [0.05, 0.1) is 17.6 Å². The average Bonchev–Trinajstić information content (AvgIpc) is 3.10. The monoisotopic (exact) mass is 381 g/mol. The van der Waals surface area contributed by atoms with Crippen LogP contribution in [0.1, 0.15) is 35.1 Å². The molecule has 0 radical (unpaired) electrons. The summed E-state index contributed by atoms with van der Waals surface area (Å²) in [5.41, 5.74) is 1.61. The van der Waals surface area contributed by atoms with E-state index in [1.54, 1.807) is 17.3 Å². The van der Waals surface area contributed by atoms with E-state index >= 15 is 0 Å². The van der Waals surface area contributed by atoms with Crippen LogP contribution in [0, 0.1) is 0 Å². The second-order valence-electron chi connectivity index (χ2n) is 5.47. The number of nitrogens with one attached hydrogen (secondary N) is 1. The summed E-state index contributed by atoms with van der Waals surface area (Å²) in [5.74, 6) is 0.380. The van der Waals surface area contributed by atoms with Crippen LogP contribution in [0.15, 0.2) is 17.9 Å². The Morgan fingerprint density at radius 3 is 2.60 bits per heavy atom. The van der Waals surface area contributed by atoms with Crippen LogP contribution in [0.4, 0.5) is 9.80 Å². The Bertz CT molecular complexity index is 759. The van der Waals surface area contributed by atoms with Gasteiger partial charge in [-0.15, -0.1) is 11.3 Å². The number of urea groups is 1. The van der Waals surface area contributed by atoms with Crippen LogP contribution in [-0.4, -0.2) is 52.1 Å². The lowest BCUT2D eigenvalue weighted by Crippen LogP contribution is -2.40. The number of hydrogen-bond acceptors (Lipinski definition) is 7. The Morgan fingerprint density at radius 1 is 1.28 bits per heavy atom. The van der Waals surface area contributed by atoms with Gasteiger partial charge < -0.3 is 9.64 Å². The summed E-state index contributed by atoms with van der Waals surface area (Å²) < 4.78 is 4.65. The summed E-state index contributed by atoms with van der Waals surface area (Å²) in [6, 6.07) is -0.259. The molecule has 0 saturated carbocycles. The third-order valence-corrected chi connectivity index (χ3v) is 4.89. The Morgan fingerprint density at radius 2 is 1.96 bits per heavy atom. The van der Waals surface area contributed by atoms with E-state index in [4.69, 9.17) is 11.6 Å². The minimum Gasteiger partial charge on any atom is -0.464 e. The van der Waals surface area contributed by atoms with Crippen molar-refractivity contribution in [2.75, 3.05) is 25.5 Å². The van der Waals surface area contributed by atoms with E-state index < -0.39 is 5.97 Å². The first kappa shape index (κ1) is 17.6. The molecule has 1 N–H and O–H groups in total. The van der Waals surface area contributed by atoms with Gasteiger partial charge in [-0.3, -0.25) is 5.32 Å². The largest absolute Gasteiger partial charge is 0.464 e. The lowest BCUT2D eigenvalue weighted by atomic mass is 9.96. The fraction of sp³-hybridized carbons (Fsp3) is 0.400. The number of anilines is 1. The zero-order valence-corrected chi connectivity index (χ0v) is 15.0. The molecule has 3 rings (SSSR count). The summed E-state index contributed by atoms with van der Waals surface area (Å²) in [5, 5.41) is 3.63. The predicted octanol–water partition coefficient (Wildman–Crippen LogP) is 2.78. The molecule has 3 heterocycles. The fourth-order valence-corrected chi connectivity index (χ4v) is 3.38. The maximum atomic E-state index is 12.4. The van der Waals surface area contributed by atoms with E-state index in [2.05, 4.69) is 25.0 Å². The zero-order chi connectivity index (χ0) is 17.8. The lowest BCUT2D eigenvalue weighted by Gasteiger charge is -2.31. The van der Waals surface area contributed by atoms with Gasteiger partial charge in [-0.05, 0) is 12.8 Å². The SMILES string of the molecule is COC(=O)c1ncsc1NC(=O)N1CCC(c2ncc(Cl)cn2)CC1. The molecule has 1 aliphatic heterocycles. The minimum atomic E-state index is -0.574. The molecule has 132 valence electrons. The third-order valence-electron chi connectivity index (χ3n) is 3.95. The maximum Gasteiger partial charge on any atom is 0.359 e. The standard InChI is InChI=1S/C15H16ClN5O3S/c1-24-14(22)11-13(25-8-19-11)20-15(23)21-4-2-9(3-5-21)12-17-6-10(16)7-18-12/h6-9H,2-5H2,1H3,(H,20,23). The zero-order valence-electron chi connectivity index (χ0n) is 13.4. The molecule has 2 amide bonds. The van der Waals surface area contributed by atoms with E-state index in [0.717, 1.165) is 18.7 Å². The number of nitrogens with zero attached hydrogens (tertiary/aromatic N) is 4. The van der Waals surface area contributed by atoms with Crippen LogP contribution in [-0.2, 0) is 4.74 Å². The maximum absolute atomic E-state index is 12.4. The van der Waals surface area contributed by atoms with Crippen molar-refractivity contribution in [2.45, 2.75) is 18.8 Å². The Labute approximate surface area is 153 Å². The number of halogens is 1. The summed E-state index contributed by atoms with van der Waals surface area (Å²) in [7, 11) is 1.27. The highest BCUT2D eigenvalue weighted by Crippen LogP contribution is 2.27. The first-order valence-electron chi connectivity index (χ1n) is 7.63. The number of piperidine rings is 1. The molecule has 1 fully saturated rings. The molecule has 0 aliphatic carbocycles. The highest BCUT2D eigenvalue weighted by molar-refractivity contribution is 7.14. The van der Waals surface area contributed by atoms with Gasteiger partial charge >= 0.3 is 12.0 Å². The van der Waals surface area contributed by atoms with Crippen LogP contribution in [0.5, 0.6) is 0 Å². The number of methoxy groups -OCH3 is 1. The van der Waals surface area contributed by atoms with Gasteiger partial charge in [0.15, 0.2) is 5.69 Å². The normalized spacial score (nSPS) is 15.0. The summed E-state index contributed by atoms with van der Waals surface area (Å²) >= 11 is 6.99. The van der Waals surface area contributed by atoms with Crippen molar-refractivity contribution < 1.29 is 14.3 Å². The van der Waals surface area contributed by atoms with Crippen molar-refractivity contribution >= 4 is 39.9 Å². The van der Waals surface area contributed by atoms with Gasteiger partial charge in [-0.1, -0.05) is 11.6 Å². The van der Waals surface area contributed by atoms with Gasteiger partial charge in [0.1, 0.15) is 10.8 Å². The first-order valence-corrected chi connectivity index (χ1v) is 8.89. The van der Waals surface area contributed by atoms with Crippen LogP contribution >= 0.6 is 22.9 Å². The van der Waals surface area contributed by atoms with Crippen LogP contribution in [0.2, 0.25) is 5.02 Å². The molecular weight excluding hydrogens is 366 g/mol. The molecule has 0 bridgehead atoms. The number of thiazole rings is 1. The Kier molecular flexibility index (Phi) is 5.44. The average molecular weight is 382 g/mol. The van der Waals surface area contributed by atoms with E-state index in [-0.39, 0.29) is 17.6 Å². The Balaban J connectivity index is 1.58. The number of hydrogen-bond donors (Lipinski definition) is 1. The molecule has 0 aromatic carbocycles. The van der Waals surface area contributed by atoms with E-state index in [0.29, 0.717) is 23.1 Å². The topological polar surface area (TPSA) is 97.3 Å². The molecule has 25 heavy (non-hydrogen) atoms. The van der Waals surface area contributed by atoms with Gasteiger partial charge in [0.2, 0.25) is 0 Å². The number of aromatic nitrogens is 3. The van der Waals surface area contributed by atoms with E-state index in [1.807, 2.05) is 0 Å². The molecule has 1 saturated heterocycles. The fourth-order valence-electron chi connectivity index (χ4n) is 2.63. The highest BCUT2D eigenvalue weighted by Gasteiger charge is 2.27. The number of esters is 1. The second-order valence-corrected chi connectivity index (χ2v) is 6.76. The van der Waals surface area contributed by atoms with Crippen molar-refractivity contribution in [1.82, 2.24) is 19.9 Å². The van der Waals surface area contributed by atoms with Gasteiger partial charge in [-0.25, -0.2) is 24.5 Å². The highest BCUT2D eigenvalue weighted by atomic mass is 35.5. The van der Waals surface area contributed by atoms with Crippen molar-refractivity contribution in [3.05, 3.63) is 34.4 Å². The number of carbonyl (C=O) groups is 2. The van der Waals surface area contributed by atoms with Crippen molar-refractivity contribution in [1.29, 1.82) is 0 Å². The summed E-state index contributed by atoms with van der Waals surface area (Å²) in [6.07, 6.45) is 4.70. The van der Waals surface area contributed by atoms with E-state index in [9.17, 15) is 9.59 Å². The summed E-state index contributed by atoms with van der Waals surface area (Å²) in [6.45, 7) is 1.16. The second kappa shape index (κ2) is 7.75. The minimum absolute atomic E-state index is 0.116. The predicted molar refractivity (Wildman–Crippen MR) is 93.1 cm³/mol. The molecule has 0 spiro atoms. The smallest absolute Gasteiger partial charge is 0.359 e. The van der Waals surface area contributed by atoms with Gasteiger partial charge in [0.25, 0.3) is 0 Å². The molecule has 8 nitrogen and oxygen atoms in total. The number of carbonyl (C=O) groups excluding carboxylic acids is 2. The van der Waals surface area contributed by atoms with Crippen LogP contribution in [0.3, 0.4) is 0 Å². The van der Waals surface area contributed by atoms with E-state index in [1.165, 1.54) is 24.0 Å². The molecule has 2 aromatic rings. The van der Waals surface area contributed by atoms with Crippen molar-refractivity contribution in [2.24, 2.45) is 0 Å². The molecule has 2 aromatic heterocycles. The molecular formula is C15H16ClN5O3S. The number of ether oxygens (including phenoxy) is 1.